The van der Waals surface area contributed by atoms with E-state index in [0.717, 1.165) is 49.8 Å². The molecule has 3 unspecified atom stereocenters. The average Bonchev–Trinajstić information content (AvgIpc) is 3.40. The molecule has 0 radical (unpaired) electrons. The summed E-state index contributed by atoms with van der Waals surface area (Å²) in [6.07, 6.45) is 8.88. The molecule has 0 spiro atoms. The number of thiazole rings is 1. The zero-order valence-electron chi connectivity index (χ0n) is 22.0. The third kappa shape index (κ3) is 5.42. The van der Waals surface area contributed by atoms with Crippen LogP contribution in [0.5, 0.6) is 5.75 Å². The Labute approximate surface area is 228 Å². The summed E-state index contributed by atoms with van der Waals surface area (Å²) in [7, 11) is 0. The molecule has 0 bridgehead atoms. The fourth-order valence-corrected chi connectivity index (χ4v) is 9.34. The first-order valence-corrected chi connectivity index (χ1v) is 15.5. The number of aromatic hydroxyl groups is 1. The van der Waals surface area contributed by atoms with Crippen LogP contribution >= 0.6 is 23.1 Å². The van der Waals surface area contributed by atoms with Gasteiger partial charge >= 0.3 is 5.97 Å². The molecule has 3 aliphatic carbocycles. The lowest BCUT2D eigenvalue weighted by Crippen LogP contribution is -2.47. The Balaban J connectivity index is 1.36. The van der Waals surface area contributed by atoms with Crippen molar-refractivity contribution in [3.63, 3.8) is 0 Å². The number of phenols is 1. The predicted octanol–water partition coefficient (Wildman–Crippen LogP) is 6.47. The van der Waals surface area contributed by atoms with Crippen molar-refractivity contribution in [1.29, 1.82) is 0 Å². The zero-order chi connectivity index (χ0) is 26.2. The van der Waals surface area contributed by atoms with Gasteiger partial charge in [-0.3, -0.25) is 9.59 Å². The average molecular weight is 543 g/mol. The number of carbonyl (C=O) groups is 2. The second kappa shape index (κ2) is 11.0. The summed E-state index contributed by atoms with van der Waals surface area (Å²) in [5.74, 6) is 1.91. The molecule has 8 heteroatoms. The second-order valence-electron chi connectivity index (χ2n) is 11.3. The minimum absolute atomic E-state index is 0.0266. The summed E-state index contributed by atoms with van der Waals surface area (Å²) >= 11 is 3.21. The molecule has 0 saturated heterocycles. The highest BCUT2D eigenvalue weighted by atomic mass is 32.2. The standard InChI is InChI=1S/C29H38N2O4S2/c1-4-5-6-26(34)35-24-14-23(36-16-25(33)31-28-30-15-17(2)37-28)27-22-9-7-18-13-19(32)8-10-20(18)21(22)11-12-29(24,27)3/h8,10,13,15,21-24,27,32H,4-7,9,11-12,14,16H2,1-3H3,(H,30,31,33)/t21?,22?,23-,24+,27?,29-/m1/s1. The van der Waals surface area contributed by atoms with E-state index in [2.05, 4.69) is 30.2 Å². The molecule has 200 valence electrons. The van der Waals surface area contributed by atoms with Gasteiger partial charge in [0.2, 0.25) is 5.91 Å². The van der Waals surface area contributed by atoms with Crippen molar-refractivity contribution < 1.29 is 19.4 Å². The summed E-state index contributed by atoms with van der Waals surface area (Å²) in [5.41, 5.74) is 2.56. The van der Waals surface area contributed by atoms with E-state index in [0.29, 0.717) is 40.8 Å². The van der Waals surface area contributed by atoms with Gasteiger partial charge in [0, 0.05) is 28.2 Å². The Hall–Kier alpha value is -2.06. The number of phenolic OH excluding ortho intramolecular Hbond substituents is 1. The first kappa shape index (κ1) is 26.5. The number of hydrogen-bond donors (Lipinski definition) is 2. The number of ether oxygens (including phenoxy) is 1. The fourth-order valence-electron chi connectivity index (χ4n) is 7.19. The molecule has 37 heavy (non-hydrogen) atoms. The van der Waals surface area contributed by atoms with Crippen molar-refractivity contribution in [2.24, 2.45) is 17.3 Å². The number of unbranched alkanes of at least 4 members (excludes halogenated alkanes) is 1. The van der Waals surface area contributed by atoms with Crippen molar-refractivity contribution in [3.8, 4) is 5.75 Å². The maximum Gasteiger partial charge on any atom is 0.306 e. The molecule has 3 aliphatic rings. The molecular formula is C29H38N2O4S2. The number of nitrogens with one attached hydrogen (secondary N) is 1. The molecule has 6 atom stereocenters. The Morgan fingerprint density at radius 1 is 1.32 bits per heavy atom. The van der Waals surface area contributed by atoms with Crippen LogP contribution in [0.2, 0.25) is 0 Å². The normalized spacial score (nSPS) is 30.2. The van der Waals surface area contributed by atoms with Crippen LogP contribution in [0.25, 0.3) is 0 Å². The molecule has 2 N–H and O–H groups in total. The van der Waals surface area contributed by atoms with E-state index in [1.165, 1.54) is 22.5 Å². The van der Waals surface area contributed by atoms with Crippen LogP contribution in [0.1, 0.15) is 80.7 Å². The number of rotatable bonds is 8. The highest BCUT2D eigenvalue weighted by Crippen LogP contribution is 2.63. The number of carbonyl (C=O) groups excluding carboxylic acids is 2. The summed E-state index contributed by atoms with van der Waals surface area (Å²) in [5, 5.41) is 13.9. The SMILES string of the molecule is CCCCC(=O)O[C@H]1C[C@@H](SCC(=O)Nc2ncc(C)s2)C2C3CCc4cc(O)ccc4C3CC[C@@]21C. The molecular weight excluding hydrogens is 504 g/mol. The van der Waals surface area contributed by atoms with Gasteiger partial charge in [-0.2, -0.15) is 0 Å². The van der Waals surface area contributed by atoms with Gasteiger partial charge in [0.25, 0.3) is 0 Å². The number of fused-ring (bicyclic) bond motifs is 5. The first-order valence-electron chi connectivity index (χ1n) is 13.6. The molecule has 1 aromatic carbocycles. The Morgan fingerprint density at radius 2 is 2.16 bits per heavy atom. The highest BCUT2D eigenvalue weighted by molar-refractivity contribution is 8.00. The van der Waals surface area contributed by atoms with Gasteiger partial charge in [-0.25, -0.2) is 4.98 Å². The molecule has 0 aliphatic heterocycles. The van der Waals surface area contributed by atoms with Gasteiger partial charge in [0.05, 0.1) is 5.75 Å². The van der Waals surface area contributed by atoms with Gasteiger partial charge in [-0.05, 0) is 86.5 Å². The molecule has 1 amide bonds. The van der Waals surface area contributed by atoms with Gasteiger partial charge in [0.15, 0.2) is 5.13 Å². The summed E-state index contributed by atoms with van der Waals surface area (Å²) in [6, 6.07) is 5.87. The Bertz CT molecular complexity index is 1150. The lowest BCUT2D eigenvalue weighted by Gasteiger charge is -2.51. The third-order valence-electron chi connectivity index (χ3n) is 8.89. The number of hydrogen-bond acceptors (Lipinski definition) is 7. The lowest BCUT2D eigenvalue weighted by molar-refractivity contribution is -0.157. The number of thioether (sulfide) groups is 1. The first-order chi connectivity index (χ1) is 17.8. The van der Waals surface area contributed by atoms with E-state index in [9.17, 15) is 14.7 Å². The molecule has 2 fully saturated rings. The van der Waals surface area contributed by atoms with Gasteiger partial charge in [-0.1, -0.05) is 26.3 Å². The zero-order valence-corrected chi connectivity index (χ0v) is 23.6. The van der Waals surface area contributed by atoms with Crippen LogP contribution in [-0.2, 0) is 20.7 Å². The smallest absolute Gasteiger partial charge is 0.306 e. The monoisotopic (exact) mass is 542 g/mol. The van der Waals surface area contributed by atoms with Crippen molar-refractivity contribution in [1.82, 2.24) is 4.98 Å². The Kier molecular flexibility index (Phi) is 7.87. The summed E-state index contributed by atoms with van der Waals surface area (Å²) in [6.45, 7) is 6.40. The number of aryl methyl sites for hydroxylation is 2. The topological polar surface area (TPSA) is 88.5 Å². The van der Waals surface area contributed by atoms with Crippen molar-refractivity contribution in [3.05, 3.63) is 40.4 Å². The van der Waals surface area contributed by atoms with Gasteiger partial charge in [-0.15, -0.1) is 23.1 Å². The largest absolute Gasteiger partial charge is 0.508 e. The van der Waals surface area contributed by atoms with E-state index in [1.807, 2.05) is 19.1 Å². The maximum absolute atomic E-state index is 12.8. The second-order valence-corrected chi connectivity index (χ2v) is 13.7. The van der Waals surface area contributed by atoms with E-state index in [1.54, 1.807) is 18.0 Å². The number of esters is 1. The van der Waals surface area contributed by atoms with Crippen molar-refractivity contribution >= 4 is 40.1 Å². The van der Waals surface area contributed by atoms with Crippen molar-refractivity contribution in [2.45, 2.75) is 89.4 Å². The fraction of sp³-hybridized carbons (Fsp3) is 0.621. The number of aromatic nitrogens is 1. The number of benzene rings is 1. The quantitative estimate of drug-likeness (QED) is 0.372. The lowest BCUT2D eigenvalue weighted by atomic mass is 9.55. The van der Waals surface area contributed by atoms with Gasteiger partial charge in [0.1, 0.15) is 11.9 Å². The number of anilines is 1. The molecule has 1 aromatic heterocycles. The highest BCUT2D eigenvalue weighted by Gasteiger charge is 2.60. The van der Waals surface area contributed by atoms with Crippen LogP contribution in [-0.4, -0.2) is 39.1 Å². The van der Waals surface area contributed by atoms with Crippen LogP contribution < -0.4 is 5.32 Å². The van der Waals surface area contributed by atoms with Crippen LogP contribution in [0, 0.1) is 24.2 Å². The van der Waals surface area contributed by atoms with Crippen LogP contribution in [0.15, 0.2) is 24.4 Å². The number of nitrogens with zero attached hydrogens (tertiary/aromatic N) is 1. The van der Waals surface area contributed by atoms with Crippen LogP contribution in [0.3, 0.4) is 0 Å². The molecule has 6 nitrogen and oxygen atoms in total. The molecule has 1 heterocycles. The van der Waals surface area contributed by atoms with E-state index in [4.69, 9.17) is 4.74 Å². The van der Waals surface area contributed by atoms with Gasteiger partial charge < -0.3 is 15.2 Å². The maximum atomic E-state index is 12.8. The van der Waals surface area contributed by atoms with Crippen molar-refractivity contribution in [2.75, 3.05) is 11.1 Å². The van der Waals surface area contributed by atoms with E-state index in [-0.39, 0.29) is 28.6 Å². The summed E-state index contributed by atoms with van der Waals surface area (Å²) < 4.78 is 6.19. The molecule has 5 rings (SSSR count). The number of amides is 1. The minimum Gasteiger partial charge on any atom is -0.508 e. The van der Waals surface area contributed by atoms with E-state index < -0.39 is 0 Å². The van der Waals surface area contributed by atoms with Crippen LogP contribution in [0.4, 0.5) is 5.13 Å². The minimum atomic E-state index is -0.105. The third-order valence-corrected chi connectivity index (χ3v) is 11.1. The predicted molar refractivity (Wildman–Crippen MR) is 149 cm³/mol. The summed E-state index contributed by atoms with van der Waals surface area (Å²) in [4.78, 5) is 30.8. The van der Waals surface area contributed by atoms with E-state index >= 15 is 0 Å². The molecule has 2 saturated carbocycles. The molecule has 2 aromatic rings. The Morgan fingerprint density at radius 3 is 2.92 bits per heavy atom.